The molecule has 1 heterocycles. The topological polar surface area (TPSA) is 26.0 Å². The molecule has 1 aromatic heterocycles. The number of hydrogen-bond donors (Lipinski definition) is 1. The predicted molar refractivity (Wildman–Crippen MR) is 78.6 cm³/mol. The Morgan fingerprint density at radius 3 is 2.71 bits per heavy atom. The normalized spacial score (nSPS) is 12.7. The van der Waals surface area contributed by atoms with Crippen molar-refractivity contribution in [3.8, 4) is 0 Å². The van der Waals surface area contributed by atoms with Crippen molar-refractivity contribution in [2.75, 3.05) is 0 Å². The Morgan fingerprint density at radius 2 is 2.06 bits per heavy atom. The van der Waals surface area contributed by atoms with Gasteiger partial charge in [-0.05, 0) is 47.0 Å². The van der Waals surface area contributed by atoms with Gasteiger partial charge >= 0.3 is 0 Å². The third-order valence-corrected chi connectivity index (χ3v) is 4.60. The van der Waals surface area contributed by atoms with Gasteiger partial charge in [-0.2, -0.15) is 0 Å². The Kier molecular flexibility index (Phi) is 4.02. The summed E-state index contributed by atoms with van der Waals surface area (Å²) < 4.78 is 1.14. The number of halogens is 1. The largest absolute Gasteiger partial charge is 0.324 e. The zero-order chi connectivity index (χ0) is 12.4. The van der Waals surface area contributed by atoms with Crippen molar-refractivity contribution in [3.63, 3.8) is 0 Å². The average molecular weight is 310 g/mol. The van der Waals surface area contributed by atoms with Crippen molar-refractivity contribution in [1.82, 2.24) is 0 Å². The van der Waals surface area contributed by atoms with Crippen LogP contribution in [0.4, 0.5) is 0 Å². The van der Waals surface area contributed by atoms with E-state index in [9.17, 15) is 0 Å². The van der Waals surface area contributed by atoms with E-state index in [4.69, 9.17) is 5.73 Å². The molecule has 17 heavy (non-hydrogen) atoms. The first-order valence-electron chi connectivity index (χ1n) is 5.62. The quantitative estimate of drug-likeness (QED) is 0.895. The molecule has 1 atom stereocenters. The second-order valence-electron chi connectivity index (χ2n) is 4.40. The van der Waals surface area contributed by atoms with Crippen LogP contribution in [0.15, 0.2) is 34.1 Å². The summed E-state index contributed by atoms with van der Waals surface area (Å²) in [5.74, 6) is 0. The van der Waals surface area contributed by atoms with Gasteiger partial charge < -0.3 is 5.73 Å². The predicted octanol–water partition coefficient (Wildman–Crippen LogP) is 4.37. The van der Waals surface area contributed by atoms with Gasteiger partial charge in [-0.25, -0.2) is 0 Å². The lowest BCUT2D eigenvalue weighted by Crippen LogP contribution is -2.14. The van der Waals surface area contributed by atoms with Crippen molar-refractivity contribution in [1.29, 1.82) is 0 Å². The minimum Gasteiger partial charge on any atom is -0.324 e. The van der Waals surface area contributed by atoms with Gasteiger partial charge in [0.1, 0.15) is 0 Å². The van der Waals surface area contributed by atoms with E-state index in [2.05, 4.69) is 59.4 Å². The second-order valence-corrected chi connectivity index (χ2v) is 6.31. The zero-order valence-electron chi connectivity index (χ0n) is 10.0. The molecule has 2 N–H and O–H groups in total. The fraction of sp³-hybridized carbons (Fsp3) is 0.286. The highest BCUT2D eigenvalue weighted by molar-refractivity contribution is 9.10. The van der Waals surface area contributed by atoms with Gasteiger partial charge in [0, 0.05) is 27.2 Å². The van der Waals surface area contributed by atoms with Gasteiger partial charge in [-0.15, -0.1) is 11.3 Å². The first kappa shape index (κ1) is 12.8. The van der Waals surface area contributed by atoms with Crippen LogP contribution in [0.25, 0.3) is 0 Å². The zero-order valence-corrected chi connectivity index (χ0v) is 12.4. The van der Waals surface area contributed by atoms with Crippen LogP contribution >= 0.6 is 27.3 Å². The average Bonchev–Trinajstić information content (AvgIpc) is 2.67. The fourth-order valence-electron chi connectivity index (χ4n) is 1.95. The first-order chi connectivity index (χ1) is 8.06. The lowest BCUT2D eigenvalue weighted by atomic mass is 9.97. The van der Waals surface area contributed by atoms with Crippen LogP contribution in [-0.4, -0.2) is 0 Å². The van der Waals surface area contributed by atoms with E-state index >= 15 is 0 Å². The van der Waals surface area contributed by atoms with Crippen LogP contribution in [0.3, 0.4) is 0 Å². The first-order valence-corrected chi connectivity index (χ1v) is 7.29. The fourth-order valence-corrected chi connectivity index (χ4v) is 3.46. The summed E-state index contributed by atoms with van der Waals surface area (Å²) in [6, 6.07) is 8.71. The van der Waals surface area contributed by atoms with Crippen molar-refractivity contribution >= 4 is 27.3 Å². The van der Waals surface area contributed by atoms with Crippen LogP contribution in [0.5, 0.6) is 0 Å². The van der Waals surface area contributed by atoms with Gasteiger partial charge in [-0.3, -0.25) is 0 Å². The third kappa shape index (κ3) is 3.18. The molecule has 0 aliphatic rings. The Morgan fingerprint density at radius 1 is 1.29 bits per heavy atom. The Labute approximate surface area is 115 Å². The summed E-state index contributed by atoms with van der Waals surface area (Å²) in [7, 11) is 0. The maximum Gasteiger partial charge on any atom is 0.0346 e. The van der Waals surface area contributed by atoms with Gasteiger partial charge in [0.25, 0.3) is 0 Å². The molecule has 0 aliphatic heterocycles. The maximum absolute atomic E-state index is 6.30. The minimum absolute atomic E-state index is 0.0837. The SMILES string of the molecule is Cc1ccc(C)c(C(N)Cc2cc(Br)cs2)c1. The molecule has 0 radical (unpaired) electrons. The molecule has 3 heteroatoms. The van der Waals surface area contributed by atoms with E-state index in [0.29, 0.717) is 0 Å². The molecule has 0 saturated heterocycles. The molecule has 1 nitrogen and oxygen atoms in total. The molecule has 0 aliphatic carbocycles. The van der Waals surface area contributed by atoms with E-state index in [1.54, 1.807) is 11.3 Å². The summed E-state index contributed by atoms with van der Waals surface area (Å²) in [5, 5.41) is 2.10. The number of nitrogens with two attached hydrogens (primary N) is 1. The monoisotopic (exact) mass is 309 g/mol. The molecule has 0 spiro atoms. The minimum atomic E-state index is 0.0837. The highest BCUT2D eigenvalue weighted by atomic mass is 79.9. The second kappa shape index (κ2) is 5.34. The number of rotatable bonds is 3. The van der Waals surface area contributed by atoms with Gasteiger partial charge in [-0.1, -0.05) is 23.8 Å². The third-order valence-electron chi connectivity index (χ3n) is 2.88. The highest BCUT2D eigenvalue weighted by Gasteiger charge is 2.11. The molecular formula is C14H16BrNS. The van der Waals surface area contributed by atoms with Crippen LogP contribution in [0, 0.1) is 13.8 Å². The molecule has 0 fully saturated rings. The van der Waals surface area contributed by atoms with Gasteiger partial charge in [0.05, 0.1) is 0 Å². The number of thiophene rings is 1. The summed E-state index contributed by atoms with van der Waals surface area (Å²) in [6.45, 7) is 4.23. The van der Waals surface area contributed by atoms with Crippen LogP contribution < -0.4 is 5.73 Å². The summed E-state index contributed by atoms with van der Waals surface area (Å²) in [5.41, 5.74) is 10.1. The summed E-state index contributed by atoms with van der Waals surface area (Å²) in [6.07, 6.45) is 0.903. The van der Waals surface area contributed by atoms with Crippen molar-refractivity contribution in [2.24, 2.45) is 5.73 Å². The molecule has 0 saturated carbocycles. The number of hydrogen-bond acceptors (Lipinski definition) is 2. The van der Waals surface area contributed by atoms with E-state index in [0.717, 1.165) is 10.9 Å². The lowest BCUT2D eigenvalue weighted by molar-refractivity contribution is 0.723. The van der Waals surface area contributed by atoms with E-state index in [1.165, 1.54) is 21.6 Å². The molecule has 2 aromatic rings. The summed E-state index contributed by atoms with van der Waals surface area (Å²) >= 11 is 5.23. The van der Waals surface area contributed by atoms with E-state index in [-0.39, 0.29) is 6.04 Å². The Balaban J connectivity index is 2.19. The Bertz CT molecular complexity index is 519. The van der Waals surface area contributed by atoms with Crippen LogP contribution in [0.1, 0.15) is 27.6 Å². The van der Waals surface area contributed by atoms with Crippen molar-refractivity contribution in [3.05, 3.63) is 55.7 Å². The molecule has 0 amide bonds. The number of aryl methyl sites for hydroxylation is 2. The molecule has 90 valence electrons. The summed E-state index contributed by atoms with van der Waals surface area (Å²) in [4.78, 5) is 1.32. The molecule has 0 bridgehead atoms. The standard InChI is InChI=1S/C14H16BrNS/c1-9-3-4-10(2)13(5-9)14(16)7-12-6-11(15)8-17-12/h3-6,8,14H,7,16H2,1-2H3. The van der Waals surface area contributed by atoms with E-state index in [1.807, 2.05) is 0 Å². The molecular weight excluding hydrogens is 294 g/mol. The van der Waals surface area contributed by atoms with Crippen molar-refractivity contribution < 1.29 is 0 Å². The Hall–Kier alpha value is -0.640. The van der Waals surface area contributed by atoms with Gasteiger partial charge in [0.15, 0.2) is 0 Å². The molecule has 2 rings (SSSR count). The molecule has 1 aromatic carbocycles. The van der Waals surface area contributed by atoms with Gasteiger partial charge in [0.2, 0.25) is 0 Å². The number of benzene rings is 1. The van der Waals surface area contributed by atoms with Crippen LogP contribution in [-0.2, 0) is 6.42 Å². The maximum atomic E-state index is 6.30. The highest BCUT2D eigenvalue weighted by Crippen LogP contribution is 2.26. The van der Waals surface area contributed by atoms with E-state index < -0.39 is 0 Å². The van der Waals surface area contributed by atoms with Crippen molar-refractivity contribution in [2.45, 2.75) is 26.3 Å². The van der Waals surface area contributed by atoms with Crippen LogP contribution in [0.2, 0.25) is 0 Å². The molecule has 1 unspecified atom stereocenters. The lowest BCUT2D eigenvalue weighted by Gasteiger charge is -2.14. The smallest absolute Gasteiger partial charge is 0.0346 e.